The average Bonchev–Trinajstić information content (AvgIpc) is 2.84. The van der Waals surface area contributed by atoms with Crippen molar-refractivity contribution in [3.63, 3.8) is 0 Å². The summed E-state index contributed by atoms with van der Waals surface area (Å²) in [5.74, 6) is 1.35. The molecule has 0 radical (unpaired) electrons. The van der Waals surface area contributed by atoms with Gasteiger partial charge in [0.05, 0.1) is 18.1 Å². The van der Waals surface area contributed by atoms with E-state index in [1.165, 1.54) is 0 Å². The molecular formula is C13H22O3S. The Morgan fingerprint density at radius 2 is 2.12 bits per heavy atom. The Hall–Kier alpha value is -0.220. The predicted molar refractivity (Wildman–Crippen MR) is 69.4 cm³/mol. The Labute approximate surface area is 107 Å². The molecule has 98 valence electrons. The van der Waals surface area contributed by atoms with Crippen molar-refractivity contribution in [1.82, 2.24) is 0 Å². The summed E-state index contributed by atoms with van der Waals surface area (Å²) in [6.45, 7) is 4.29. The van der Waals surface area contributed by atoms with Crippen molar-refractivity contribution in [3.05, 3.63) is 0 Å². The summed E-state index contributed by atoms with van der Waals surface area (Å²) in [6, 6.07) is 0. The van der Waals surface area contributed by atoms with E-state index in [4.69, 9.17) is 9.84 Å². The summed E-state index contributed by atoms with van der Waals surface area (Å²) in [5, 5.41) is 8.83. The van der Waals surface area contributed by atoms with Crippen LogP contribution in [0.15, 0.2) is 0 Å². The number of ether oxygens (including phenoxy) is 1. The van der Waals surface area contributed by atoms with Crippen molar-refractivity contribution < 1.29 is 14.6 Å². The first kappa shape index (κ1) is 13.2. The van der Waals surface area contributed by atoms with Gasteiger partial charge in [0.15, 0.2) is 0 Å². The van der Waals surface area contributed by atoms with Crippen LogP contribution in [0.1, 0.15) is 46.0 Å². The molecule has 1 unspecified atom stereocenters. The van der Waals surface area contributed by atoms with Gasteiger partial charge in [-0.15, -0.1) is 0 Å². The highest BCUT2D eigenvalue weighted by atomic mass is 32.2. The second-order valence-electron chi connectivity index (χ2n) is 6.12. The van der Waals surface area contributed by atoms with E-state index in [0.29, 0.717) is 12.5 Å². The fraction of sp³-hybridized carbons (Fsp3) is 0.923. The molecule has 0 aromatic rings. The van der Waals surface area contributed by atoms with Gasteiger partial charge in [-0.1, -0.05) is 0 Å². The Kier molecular flexibility index (Phi) is 3.74. The third kappa shape index (κ3) is 3.88. The SMILES string of the molecule is CC1(C)CCC(CSCC2(CC(=O)O)CC2)O1. The van der Waals surface area contributed by atoms with Crippen LogP contribution in [0.5, 0.6) is 0 Å². The lowest BCUT2D eigenvalue weighted by Gasteiger charge is -2.19. The topological polar surface area (TPSA) is 46.5 Å². The minimum atomic E-state index is -0.652. The van der Waals surface area contributed by atoms with Crippen LogP contribution in [0.25, 0.3) is 0 Å². The monoisotopic (exact) mass is 258 g/mol. The zero-order valence-corrected chi connectivity index (χ0v) is 11.5. The number of rotatable bonds is 6. The van der Waals surface area contributed by atoms with Gasteiger partial charge in [-0.3, -0.25) is 4.79 Å². The predicted octanol–water partition coefficient (Wildman–Crippen LogP) is 2.93. The van der Waals surface area contributed by atoms with Crippen molar-refractivity contribution in [2.45, 2.75) is 57.7 Å². The first-order valence-corrected chi connectivity index (χ1v) is 7.54. The van der Waals surface area contributed by atoms with Crippen LogP contribution in [0, 0.1) is 5.41 Å². The van der Waals surface area contributed by atoms with E-state index in [1.54, 1.807) is 0 Å². The van der Waals surface area contributed by atoms with Gasteiger partial charge >= 0.3 is 5.97 Å². The van der Waals surface area contributed by atoms with Crippen molar-refractivity contribution in [3.8, 4) is 0 Å². The molecule has 1 atom stereocenters. The molecule has 0 aromatic heterocycles. The fourth-order valence-corrected chi connectivity index (χ4v) is 3.91. The van der Waals surface area contributed by atoms with E-state index < -0.39 is 5.97 Å². The Morgan fingerprint density at radius 1 is 1.41 bits per heavy atom. The Morgan fingerprint density at radius 3 is 2.59 bits per heavy atom. The number of hydrogen-bond donors (Lipinski definition) is 1. The quantitative estimate of drug-likeness (QED) is 0.795. The Balaban J connectivity index is 1.65. The molecule has 2 rings (SSSR count). The first-order chi connectivity index (χ1) is 7.91. The second-order valence-corrected chi connectivity index (χ2v) is 7.15. The smallest absolute Gasteiger partial charge is 0.303 e. The molecule has 2 fully saturated rings. The molecule has 0 amide bonds. The molecule has 1 saturated heterocycles. The molecule has 1 heterocycles. The molecular weight excluding hydrogens is 236 g/mol. The number of thioether (sulfide) groups is 1. The molecule has 1 aliphatic carbocycles. The van der Waals surface area contributed by atoms with E-state index >= 15 is 0 Å². The third-order valence-corrected chi connectivity index (χ3v) is 5.17. The van der Waals surface area contributed by atoms with Crippen molar-refractivity contribution in [2.24, 2.45) is 5.41 Å². The number of carbonyl (C=O) groups is 1. The molecule has 0 bridgehead atoms. The first-order valence-electron chi connectivity index (χ1n) is 6.38. The fourth-order valence-electron chi connectivity index (χ4n) is 2.47. The van der Waals surface area contributed by atoms with Crippen LogP contribution in [-0.4, -0.2) is 34.3 Å². The highest BCUT2D eigenvalue weighted by molar-refractivity contribution is 7.99. The van der Waals surface area contributed by atoms with Crippen LogP contribution in [-0.2, 0) is 9.53 Å². The van der Waals surface area contributed by atoms with Gasteiger partial charge < -0.3 is 9.84 Å². The van der Waals surface area contributed by atoms with Crippen LogP contribution in [0.3, 0.4) is 0 Å². The van der Waals surface area contributed by atoms with Gasteiger partial charge in [-0.05, 0) is 50.7 Å². The lowest BCUT2D eigenvalue weighted by atomic mass is 10.1. The van der Waals surface area contributed by atoms with Crippen LogP contribution in [0.4, 0.5) is 0 Å². The zero-order valence-electron chi connectivity index (χ0n) is 10.7. The largest absolute Gasteiger partial charge is 0.481 e. The maximum absolute atomic E-state index is 10.7. The summed E-state index contributed by atoms with van der Waals surface area (Å²) in [5.41, 5.74) is 0.161. The van der Waals surface area contributed by atoms with Gasteiger partial charge in [0, 0.05) is 5.75 Å². The molecule has 2 aliphatic rings. The summed E-state index contributed by atoms with van der Waals surface area (Å²) in [4.78, 5) is 10.7. The lowest BCUT2D eigenvalue weighted by molar-refractivity contribution is -0.138. The van der Waals surface area contributed by atoms with Crippen molar-refractivity contribution in [1.29, 1.82) is 0 Å². The third-order valence-electron chi connectivity index (χ3n) is 3.75. The minimum absolute atomic E-state index is 0.0452. The van der Waals surface area contributed by atoms with E-state index in [1.807, 2.05) is 11.8 Å². The molecule has 3 nitrogen and oxygen atoms in total. The molecule has 4 heteroatoms. The lowest BCUT2D eigenvalue weighted by Crippen LogP contribution is -2.21. The van der Waals surface area contributed by atoms with E-state index in [2.05, 4.69) is 13.8 Å². The zero-order chi connectivity index (χ0) is 12.5. The molecule has 1 saturated carbocycles. The Bertz CT molecular complexity index is 297. The van der Waals surface area contributed by atoms with Crippen LogP contribution >= 0.6 is 11.8 Å². The molecule has 1 N–H and O–H groups in total. The number of hydrogen-bond acceptors (Lipinski definition) is 3. The van der Waals surface area contributed by atoms with E-state index in [0.717, 1.165) is 37.2 Å². The number of carboxylic acid groups (broad SMARTS) is 1. The normalized spacial score (nSPS) is 29.2. The summed E-state index contributed by atoms with van der Waals surface area (Å²) in [6.07, 6.45) is 5.17. The van der Waals surface area contributed by atoms with Crippen molar-refractivity contribution in [2.75, 3.05) is 11.5 Å². The van der Waals surface area contributed by atoms with Crippen molar-refractivity contribution >= 4 is 17.7 Å². The van der Waals surface area contributed by atoms with Crippen LogP contribution in [0.2, 0.25) is 0 Å². The van der Waals surface area contributed by atoms with E-state index in [9.17, 15) is 4.79 Å². The molecule has 17 heavy (non-hydrogen) atoms. The molecule has 1 aliphatic heterocycles. The van der Waals surface area contributed by atoms with Gasteiger partial charge in [0.25, 0.3) is 0 Å². The highest BCUT2D eigenvalue weighted by Crippen LogP contribution is 2.51. The number of carboxylic acids is 1. The summed E-state index contributed by atoms with van der Waals surface area (Å²) >= 11 is 1.87. The van der Waals surface area contributed by atoms with E-state index in [-0.39, 0.29) is 11.0 Å². The summed E-state index contributed by atoms with van der Waals surface area (Å²) in [7, 11) is 0. The maximum Gasteiger partial charge on any atom is 0.303 e. The van der Waals surface area contributed by atoms with Gasteiger partial charge in [0.1, 0.15) is 0 Å². The van der Waals surface area contributed by atoms with Gasteiger partial charge in [-0.25, -0.2) is 0 Å². The average molecular weight is 258 g/mol. The molecule has 0 aromatic carbocycles. The number of aliphatic carboxylic acids is 1. The highest BCUT2D eigenvalue weighted by Gasteiger charge is 2.44. The standard InChI is InChI=1S/C13H22O3S/c1-12(2)4-3-10(16-12)8-17-9-13(5-6-13)7-11(14)15/h10H,3-9H2,1-2H3,(H,14,15). The minimum Gasteiger partial charge on any atom is -0.481 e. The second kappa shape index (κ2) is 4.81. The molecule has 0 spiro atoms. The maximum atomic E-state index is 10.7. The van der Waals surface area contributed by atoms with Crippen LogP contribution < -0.4 is 0 Å². The van der Waals surface area contributed by atoms with Gasteiger partial charge in [-0.2, -0.15) is 11.8 Å². The van der Waals surface area contributed by atoms with Gasteiger partial charge in [0.2, 0.25) is 0 Å². The summed E-state index contributed by atoms with van der Waals surface area (Å²) < 4.78 is 5.93.